The van der Waals surface area contributed by atoms with Crippen LogP contribution in [0.2, 0.25) is 0 Å². The van der Waals surface area contributed by atoms with Gasteiger partial charge in [-0.2, -0.15) is 0 Å². The summed E-state index contributed by atoms with van der Waals surface area (Å²) in [5.41, 5.74) is 0. The molecule has 1 N–H and O–H groups in total. The molecule has 0 saturated carbocycles. The molecule has 0 aromatic rings. The van der Waals surface area contributed by atoms with E-state index in [0.29, 0.717) is 6.04 Å². The normalized spacial score (nSPS) is 27.1. The van der Waals surface area contributed by atoms with Crippen LogP contribution in [0.3, 0.4) is 0 Å². The number of carbonyl (C=O) groups is 1. The second-order valence-corrected chi connectivity index (χ2v) is 7.93. The third-order valence-electron chi connectivity index (χ3n) is 6.02. The lowest BCUT2D eigenvalue weighted by Crippen LogP contribution is -2.57. The highest BCUT2D eigenvalue weighted by Gasteiger charge is 2.31. The molecular weight excluding hydrogens is 344 g/mol. The Morgan fingerprint density at radius 3 is 2.37 bits per heavy atom. The van der Waals surface area contributed by atoms with Gasteiger partial charge in [0.15, 0.2) is 5.96 Å². The van der Waals surface area contributed by atoms with Crippen molar-refractivity contribution in [2.45, 2.75) is 31.9 Å². The standard InChI is InChI=1S/C19H36N6O2/c1-16(23-8-6-22(3)7-9-23)15-21-19(20-2)25-12-10-24(11-13-25)18(26)17-5-4-14-27-17/h16-17H,4-15H2,1-3H3,(H,20,21). The van der Waals surface area contributed by atoms with Gasteiger partial charge in [0.1, 0.15) is 6.10 Å². The molecule has 3 rings (SSSR count). The van der Waals surface area contributed by atoms with Crippen molar-refractivity contribution < 1.29 is 9.53 Å². The fourth-order valence-electron chi connectivity index (χ4n) is 4.08. The molecule has 8 heteroatoms. The van der Waals surface area contributed by atoms with Crippen molar-refractivity contribution >= 4 is 11.9 Å². The number of nitrogens with one attached hydrogen (secondary N) is 1. The molecular formula is C19H36N6O2. The Hall–Kier alpha value is -1.38. The predicted molar refractivity (Wildman–Crippen MR) is 107 cm³/mol. The summed E-state index contributed by atoms with van der Waals surface area (Å²) in [5.74, 6) is 1.11. The Kier molecular flexibility index (Phi) is 7.32. The minimum Gasteiger partial charge on any atom is -0.368 e. The summed E-state index contributed by atoms with van der Waals surface area (Å²) in [6.45, 7) is 11.6. The summed E-state index contributed by atoms with van der Waals surface area (Å²) in [6.07, 6.45) is 1.66. The summed E-state index contributed by atoms with van der Waals surface area (Å²) in [4.78, 5) is 26.1. The zero-order chi connectivity index (χ0) is 19.2. The number of guanidine groups is 1. The van der Waals surface area contributed by atoms with Crippen LogP contribution in [0, 0.1) is 0 Å². The maximum Gasteiger partial charge on any atom is 0.251 e. The Morgan fingerprint density at radius 2 is 1.78 bits per heavy atom. The Bertz CT molecular complexity index is 506. The first kappa shape index (κ1) is 20.4. The van der Waals surface area contributed by atoms with Gasteiger partial charge >= 0.3 is 0 Å². The highest BCUT2D eigenvalue weighted by atomic mass is 16.5. The molecule has 27 heavy (non-hydrogen) atoms. The van der Waals surface area contributed by atoms with Crippen LogP contribution < -0.4 is 5.32 Å². The number of carbonyl (C=O) groups excluding carboxylic acids is 1. The maximum absolute atomic E-state index is 12.5. The molecule has 0 radical (unpaired) electrons. The van der Waals surface area contributed by atoms with Crippen molar-refractivity contribution in [2.75, 3.05) is 79.6 Å². The lowest BCUT2D eigenvalue weighted by molar-refractivity contribution is -0.142. The molecule has 0 spiro atoms. The fourth-order valence-corrected chi connectivity index (χ4v) is 4.08. The van der Waals surface area contributed by atoms with E-state index in [4.69, 9.17) is 4.74 Å². The number of piperazine rings is 2. The molecule has 154 valence electrons. The Morgan fingerprint density at radius 1 is 1.11 bits per heavy atom. The molecule has 0 aromatic carbocycles. The van der Waals surface area contributed by atoms with Crippen LogP contribution in [-0.2, 0) is 9.53 Å². The molecule has 8 nitrogen and oxygen atoms in total. The predicted octanol–water partition coefficient (Wildman–Crippen LogP) is -0.479. The first-order valence-corrected chi connectivity index (χ1v) is 10.4. The second kappa shape index (κ2) is 9.71. The van der Waals surface area contributed by atoms with Crippen molar-refractivity contribution in [3.8, 4) is 0 Å². The first-order valence-electron chi connectivity index (χ1n) is 10.4. The van der Waals surface area contributed by atoms with Gasteiger partial charge in [-0.1, -0.05) is 0 Å². The summed E-state index contributed by atoms with van der Waals surface area (Å²) in [5, 5.41) is 3.54. The van der Waals surface area contributed by atoms with Crippen molar-refractivity contribution in [3.05, 3.63) is 0 Å². The second-order valence-electron chi connectivity index (χ2n) is 7.93. The van der Waals surface area contributed by atoms with Gasteiger partial charge in [-0.3, -0.25) is 14.7 Å². The van der Waals surface area contributed by atoms with Gasteiger partial charge in [-0.05, 0) is 26.8 Å². The number of ether oxygens (including phenoxy) is 1. The third kappa shape index (κ3) is 5.33. The summed E-state index contributed by atoms with van der Waals surface area (Å²) in [6, 6.07) is 0.484. The van der Waals surface area contributed by atoms with Crippen LogP contribution in [0.15, 0.2) is 4.99 Å². The quantitative estimate of drug-likeness (QED) is 0.525. The van der Waals surface area contributed by atoms with E-state index in [1.54, 1.807) is 0 Å². The van der Waals surface area contributed by atoms with Gasteiger partial charge < -0.3 is 24.8 Å². The van der Waals surface area contributed by atoms with Gasteiger partial charge in [-0.15, -0.1) is 0 Å². The minimum atomic E-state index is -0.210. The lowest BCUT2D eigenvalue weighted by atomic mass is 10.2. The molecule has 2 unspecified atom stereocenters. The Labute approximate surface area is 163 Å². The number of aliphatic imine (C=N–C) groups is 1. The molecule has 3 saturated heterocycles. The summed E-state index contributed by atoms with van der Waals surface area (Å²) < 4.78 is 5.54. The lowest BCUT2D eigenvalue weighted by Gasteiger charge is -2.39. The molecule has 3 aliphatic rings. The van der Waals surface area contributed by atoms with Crippen LogP contribution in [0.1, 0.15) is 19.8 Å². The fraction of sp³-hybridized carbons (Fsp3) is 0.895. The van der Waals surface area contributed by atoms with Gasteiger partial charge in [0.2, 0.25) is 0 Å². The smallest absolute Gasteiger partial charge is 0.251 e. The molecule has 0 aromatic heterocycles. The molecule has 1 amide bonds. The van der Waals surface area contributed by atoms with E-state index >= 15 is 0 Å². The number of hydrogen-bond donors (Lipinski definition) is 1. The third-order valence-corrected chi connectivity index (χ3v) is 6.02. The summed E-state index contributed by atoms with van der Waals surface area (Å²) in [7, 11) is 4.03. The van der Waals surface area contributed by atoms with Crippen molar-refractivity contribution in [2.24, 2.45) is 4.99 Å². The summed E-state index contributed by atoms with van der Waals surface area (Å²) >= 11 is 0. The largest absolute Gasteiger partial charge is 0.368 e. The van der Waals surface area contributed by atoms with E-state index in [9.17, 15) is 4.79 Å². The number of hydrogen-bond acceptors (Lipinski definition) is 5. The average Bonchev–Trinajstić information content (AvgIpc) is 3.23. The van der Waals surface area contributed by atoms with Crippen LogP contribution in [0.4, 0.5) is 0 Å². The number of rotatable bonds is 4. The van der Waals surface area contributed by atoms with Gasteiger partial charge in [0.25, 0.3) is 5.91 Å². The first-order chi connectivity index (χ1) is 13.1. The zero-order valence-corrected chi connectivity index (χ0v) is 17.2. The monoisotopic (exact) mass is 380 g/mol. The van der Waals surface area contributed by atoms with Crippen molar-refractivity contribution in [3.63, 3.8) is 0 Å². The molecule has 3 aliphatic heterocycles. The van der Waals surface area contributed by atoms with E-state index in [2.05, 4.69) is 39.0 Å². The van der Waals surface area contributed by atoms with Gasteiger partial charge in [0, 0.05) is 78.6 Å². The highest BCUT2D eigenvalue weighted by molar-refractivity contribution is 5.82. The van der Waals surface area contributed by atoms with Gasteiger partial charge in [-0.25, -0.2) is 0 Å². The molecule has 0 bridgehead atoms. The number of likely N-dealkylation sites (N-methyl/N-ethyl adjacent to an activating group) is 1. The SMILES string of the molecule is CN=C(NCC(C)N1CCN(C)CC1)N1CCN(C(=O)C2CCCO2)CC1. The Balaban J connectivity index is 1.41. The number of amides is 1. The average molecular weight is 381 g/mol. The number of nitrogens with zero attached hydrogens (tertiary/aromatic N) is 5. The van der Waals surface area contributed by atoms with E-state index < -0.39 is 0 Å². The maximum atomic E-state index is 12.5. The van der Waals surface area contributed by atoms with Crippen LogP contribution in [0.5, 0.6) is 0 Å². The van der Waals surface area contributed by atoms with Crippen LogP contribution in [-0.4, -0.2) is 123 Å². The van der Waals surface area contributed by atoms with E-state index in [0.717, 1.165) is 84.3 Å². The van der Waals surface area contributed by atoms with E-state index in [1.165, 1.54) is 0 Å². The highest BCUT2D eigenvalue weighted by Crippen LogP contribution is 2.16. The molecule has 3 heterocycles. The van der Waals surface area contributed by atoms with E-state index in [-0.39, 0.29) is 12.0 Å². The van der Waals surface area contributed by atoms with Crippen molar-refractivity contribution in [1.29, 1.82) is 0 Å². The zero-order valence-electron chi connectivity index (χ0n) is 17.2. The molecule has 3 fully saturated rings. The molecule has 0 aliphatic carbocycles. The van der Waals surface area contributed by atoms with Gasteiger partial charge in [0.05, 0.1) is 0 Å². The van der Waals surface area contributed by atoms with Crippen LogP contribution >= 0.6 is 0 Å². The molecule has 2 atom stereocenters. The minimum absolute atomic E-state index is 0.166. The van der Waals surface area contributed by atoms with Crippen LogP contribution in [0.25, 0.3) is 0 Å². The van der Waals surface area contributed by atoms with E-state index in [1.807, 2.05) is 11.9 Å². The van der Waals surface area contributed by atoms with Crippen molar-refractivity contribution in [1.82, 2.24) is 24.9 Å². The topological polar surface area (TPSA) is 63.7 Å².